The summed E-state index contributed by atoms with van der Waals surface area (Å²) in [5.74, 6) is 0.600. The molecular formula is C9H14ClInO2. The summed E-state index contributed by atoms with van der Waals surface area (Å²) in [5.41, 5.74) is 0. The van der Waals surface area contributed by atoms with Gasteiger partial charge in [0.25, 0.3) is 0 Å². The zero-order chi connectivity index (χ0) is 9.68. The molecule has 0 saturated heterocycles. The first-order valence-corrected chi connectivity index (χ1v) is 9.05. The molecule has 0 radical (unpaired) electrons. The molecule has 2 atom stereocenters. The van der Waals surface area contributed by atoms with Gasteiger partial charge < -0.3 is 0 Å². The fraction of sp³-hybridized carbons (Fsp3) is 0.778. The van der Waals surface area contributed by atoms with Crippen molar-refractivity contribution in [1.82, 2.24) is 0 Å². The molecule has 4 heteroatoms. The second-order valence-corrected chi connectivity index (χ2v) is 8.34. The molecule has 1 aliphatic heterocycles. The second kappa shape index (κ2) is 6.07. The van der Waals surface area contributed by atoms with Crippen LogP contribution in [0.25, 0.3) is 0 Å². The normalized spacial score (nSPS) is 25.9. The summed E-state index contributed by atoms with van der Waals surface area (Å²) in [6.07, 6.45) is 4.23. The predicted molar refractivity (Wildman–Crippen MR) is 55.9 cm³/mol. The van der Waals surface area contributed by atoms with Gasteiger partial charge in [-0.1, -0.05) is 0 Å². The Morgan fingerprint density at radius 3 is 3.00 bits per heavy atom. The van der Waals surface area contributed by atoms with Crippen molar-refractivity contribution >= 4 is 43.8 Å². The summed E-state index contributed by atoms with van der Waals surface area (Å²) in [6.45, 7) is 0. The van der Waals surface area contributed by atoms with Crippen molar-refractivity contribution in [3.05, 3.63) is 0 Å². The van der Waals surface area contributed by atoms with E-state index in [4.69, 9.17) is 16.7 Å². The van der Waals surface area contributed by atoms with E-state index in [1.165, 1.54) is 0 Å². The van der Waals surface area contributed by atoms with Crippen molar-refractivity contribution in [2.75, 3.05) is 5.88 Å². The number of aliphatic carboxylic acids is 1. The Morgan fingerprint density at radius 1 is 1.62 bits per heavy atom. The Balaban J connectivity index is 2.30. The van der Waals surface area contributed by atoms with Gasteiger partial charge in [-0.25, -0.2) is 0 Å². The van der Waals surface area contributed by atoms with Gasteiger partial charge in [-0.2, -0.15) is 0 Å². The Hall–Kier alpha value is 0.500. The van der Waals surface area contributed by atoms with E-state index in [0.717, 1.165) is 25.7 Å². The van der Waals surface area contributed by atoms with Gasteiger partial charge in [0, 0.05) is 0 Å². The molecule has 1 heterocycles. The van der Waals surface area contributed by atoms with E-state index in [9.17, 15) is 4.79 Å². The van der Waals surface area contributed by atoms with Crippen LogP contribution in [0.3, 0.4) is 0 Å². The zero-order valence-corrected chi connectivity index (χ0v) is 11.6. The molecule has 0 aliphatic carbocycles. The first-order valence-electron chi connectivity index (χ1n) is 4.71. The summed E-state index contributed by atoms with van der Waals surface area (Å²) in [5, 5.41) is 8.94. The van der Waals surface area contributed by atoms with E-state index in [1.54, 1.807) is 0 Å². The average molecular weight is 304 g/mol. The van der Waals surface area contributed by atoms with Crippen LogP contribution in [0.1, 0.15) is 25.7 Å². The Bertz CT molecular complexity index is 206. The van der Waals surface area contributed by atoms with Gasteiger partial charge in [0.2, 0.25) is 0 Å². The van der Waals surface area contributed by atoms with Crippen LogP contribution in [0.4, 0.5) is 0 Å². The van der Waals surface area contributed by atoms with E-state index < -0.39 is 28.4 Å². The maximum atomic E-state index is 10.8. The number of unbranched alkanes of at least 4 members (excludes halogenated alkanes) is 1. The SMILES string of the molecule is O=C(O)[CH]1[In]=[CH]CC1CCCCCl. The van der Waals surface area contributed by atoms with E-state index in [0.29, 0.717) is 11.8 Å². The number of carbonyl (C=O) groups is 1. The van der Waals surface area contributed by atoms with Gasteiger partial charge in [-0.05, 0) is 0 Å². The topological polar surface area (TPSA) is 37.3 Å². The predicted octanol–water partition coefficient (Wildman–Crippen LogP) is 1.79. The van der Waals surface area contributed by atoms with E-state index in [2.05, 4.69) is 3.76 Å². The summed E-state index contributed by atoms with van der Waals surface area (Å²) in [6, 6.07) is 0. The minimum atomic E-state index is -0.864. The van der Waals surface area contributed by atoms with Gasteiger partial charge >= 0.3 is 94.8 Å². The molecule has 0 aromatic carbocycles. The van der Waals surface area contributed by atoms with Crippen LogP contribution >= 0.6 is 11.6 Å². The van der Waals surface area contributed by atoms with Crippen LogP contribution in [0.5, 0.6) is 0 Å². The number of alkyl halides is 1. The summed E-state index contributed by atoms with van der Waals surface area (Å²) in [4.78, 5) is 10.8. The Labute approximate surface area is 94.5 Å². The van der Waals surface area contributed by atoms with Crippen LogP contribution in [0.15, 0.2) is 0 Å². The molecule has 0 spiro atoms. The first-order chi connectivity index (χ1) is 6.25. The first kappa shape index (κ1) is 11.6. The number of hydrogen-bond donors (Lipinski definition) is 1. The van der Waals surface area contributed by atoms with Crippen molar-refractivity contribution in [2.45, 2.75) is 29.4 Å². The van der Waals surface area contributed by atoms with E-state index >= 15 is 0 Å². The quantitative estimate of drug-likeness (QED) is 0.621. The molecule has 0 saturated carbocycles. The molecule has 2 unspecified atom stereocenters. The van der Waals surface area contributed by atoms with Crippen LogP contribution in [-0.2, 0) is 4.79 Å². The molecule has 0 bridgehead atoms. The molecular weight excluding hydrogens is 290 g/mol. The van der Waals surface area contributed by atoms with Crippen LogP contribution in [0.2, 0.25) is 3.67 Å². The van der Waals surface area contributed by atoms with Gasteiger partial charge in [0.1, 0.15) is 0 Å². The standard InChI is InChI=1S/C9H14ClO2.In/c1-2-8(7-9(11)12)5-3-4-6-10;/h1,7-8H,2-6H2,(H,11,12);. The van der Waals surface area contributed by atoms with Crippen molar-refractivity contribution < 1.29 is 9.90 Å². The third-order valence-corrected chi connectivity index (χ3v) is 7.91. The van der Waals surface area contributed by atoms with Crippen LogP contribution in [-0.4, -0.2) is 43.1 Å². The number of halogens is 1. The van der Waals surface area contributed by atoms with Crippen molar-refractivity contribution in [3.8, 4) is 0 Å². The molecule has 0 aromatic rings. The third kappa shape index (κ3) is 3.62. The van der Waals surface area contributed by atoms with Crippen molar-refractivity contribution in [2.24, 2.45) is 5.92 Å². The van der Waals surface area contributed by atoms with Gasteiger partial charge in [-0.15, -0.1) is 0 Å². The number of carboxylic acids is 1. The van der Waals surface area contributed by atoms with Gasteiger partial charge in [0.05, 0.1) is 0 Å². The molecule has 2 nitrogen and oxygen atoms in total. The molecule has 13 heavy (non-hydrogen) atoms. The van der Waals surface area contributed by atoms with Crippen molar-refractivity contribution in [3.63, 3.8) is 0 Å². The summed E-state index contributed by atoms with van der Waals surface area (Å²) < 4.78 is 2.35. The molecule has 1 aliphatic rings. The number of rotatable bonds is 5. The van der Waals surface area contributed by atoms with Crippen molar-refractivity contribution in [1.29, 1.82) is 0 Å². The Kier molecular flexibility index (Phi) is 5.41. The van der Waals surface area contributed by atoms with Crippen LogP contribution in [0, 0.1) is 5.92 Å². The fourth-order valence-corrected chi connectivity index (χ4v) is 6.62. The number of carboxylic acid groups (broad SMARTS) is 1. The zero-order valence-electron chi connectivity index (χ0n) is 7.58. The minimum absolute atomic E-state index is 0.0607. The molecule has 1 N–H and O–H groups in total. The average Bonchev–Trinajstić information content (AvgIpc) is 2.53. The van der Waals surface area contributed by atoms with Crippen LogP contribution < -0.4 is 0 Å². The summed E-state index contributed by atoms with van der Waals surface area (Å²) >= 11 is 4.71. The monoisotopic (exact) mass is 304 g/mol. The molecule has 72 valence electrons. The maximum absolute atomic E-state index is 10.8. The molecule has 0 amide bonds. The van der Waals surface area contributed by atoms with Gasteiger partial charge in [-0.3, -0.25) is 0 Å². The third-order valence-electron chi connectivity index (χ3n) is 2.53. The summed E-state index contributed by atoms with van der Waals surface area (Å²) in [7, 11) is 0. The van der Waals surface area contributed by atoms with Gasteiger partial charge in [0.15, 0.2) is 0 Å². The molecule has 1 rings (SSSR count). The van der Waals surface area contributed by atoms with E-state index in [1.807, 2.05) is 0 Å². The molecule has 0 aromatic heterocycles. The number of hydrogen-bond acceptors (Lipinski definition) is 1. The van der Waals surface area contributed by atoms with E-state index in [-0.39, 0.29) is 3.67 Å². The Morgan fingerprint density at radius 2 is 2.38 bits per heavy atom. The molecule has 0 fully saturated rings. The second-order valence-electron chi connectivity index (χ2n) is 3.47. The fourth-order valence-electron chi connectivity index (χ4n) is 1.79.